The summed E-state index contributed by atoms with van der Waals surface area (Å²) in [6, 6.07) is -0.347. The van der Waals surface area contributed by atoms with E-state index in [0.29, 0.717) is 6.54 Å². The molecule has 0 aromatic rings. The summed E-state index contributed by atoms with van der Waals surface area (Å²) in [7, 11) is 1.74. The molecule has 0 aliphatic rings. The Morgan fingerprint density at radius 1 is 1.75 bits per heavy atom. The summed E-state index contributed by atoms with van der Waals surface area (Å²) in [6.45, 7) is 6.13. The van der Waals surface area contributed by atoms with Gasteiger partial charge in [0.15, 0.2) is 0 Å². The number of hydrogen-bond acceptors (Lipinski definition) is 2. The first-order valence-electron chi connectivity index (χ1n) is 4.25. The fraction of sp³-hybridized carbons (Fsp3) is 0.667. The Labute approximate surface area is 74.2 Å². The molecule has 1 amide bonds. The molecular formula is C9H18N2O. The van der Waals surface area contributed by atoms with E-state index in [1.165, 1.54) is 0 Å². The molecule has 0 fully saturated rings. The molecule has 0 aromatic carbocycles. The van der Waals surface area contributed by atoms with E-state index >= 15 is 0 Å². The fourth-order valence-electron chi connectivity index (χ4n) is 1.00. The molecular weight excluding hydrogens is 152 g/mol. The van der Waals surface area contributed by atoms with Crippen LogP contribution in [0.4, 0.5) is 0 Å². The van der Waals surface area contributed by atoms with Crippen molar-refractivity contribution in [2.75, 3.05) is 13.6 Å². The molecule has 0 heterocycles. The molecule has 70 valence electrons. The number of hydrogen-bond donors (Lipinski definition) is 1. The van der Waals surface area contributed by atoms with Crippen molar-refractivity contribution in [1.29, 1.82) is 0 Å². The van der Waals surface area contributed by atoms with Crippen LogP contribution in [-0.2, 0) is 4.79 Å². The number of amides is 1. The molecule has 0 bridgehead atoms. The SMILES string of the molecule is C=CCN(C)C(=O)C(N)CCC. The van der Waals surface area contributed by atoms with Crippen molar-refractivity contribution < 1.29 is 4.79 Å². The van der Waals surface area contributed by atoms with Crippen molar-refractivity contribution in [2.24, 2.45) is 5.73 Å². The molecule has 0 saturated heterocycles. The third kappa shape index (κ3) is 3.53. The Morgan fingerprint density at radius 3 is 2.75 bits per heavy atom. The third-order valence-corrected chi connectivity index (χ3v) is 1.70. The van der Waals surface area contributed by atoms with E-state index < -0.39 is 0 Å². The van der Waals surface area contributed by atoms with E-state index in [1.807, 2.05) is 6.92 Å². The summed E-state index contributed by atoms with van der Waals surface area (Å²) in [6.07, 6.45) is 3.38. The smallest absolute Gasteiger partial charge is 0.239 e. The molecule has 3 nitrogen and oxygen atoms in total. The van der Waals surface area contributed by atoms with E-state index in [-0.39, 0.29) is 11.9 Å². The summed E-state index contributed by atoms with van der Waals surface area (Å²) in [5, 5.41) is 0. The largest absolute Gasteiger partial charge is 0.341 e. The highest BCUT2D eigenvalue weighted by molar-refractivity contribution is 5.81. The Bertz CT molecular complexity index is 157. The predicted octanol–water partition coefficient (Wildman–Crippen LogP) is 0.758. The molecule has 0 aliphatic heterocycles. The second-order valence-corrected chi connectivity index (χ2v) is 2.90. The molecule has 0 rings (SSSR count). The average Bonchev–Trinajstić information content (AvgIpc) is 2.04. The van der Waals surface area contributed by atoms with Crippen LogP contribution in [0.5, 0.6) is 0 Å². The highest BCUT2D eigenvalue weighted by Gasteiger charge is 2.15. The van der Waals surface area contributed by atoms with Gasteiger partial charge in [-0.05, 0) is 6.42 Å². The zero-order valence-electron chi connectivity index (χ0n) is 7.92. The standard InChI is InChI=1S/C9H18N2O/c1-4-6-8(10)9(12)11(3)7-5-2/h5,8H,2,4,6-7,10H2,1,3H3. The number of carbonyl (C=O) groups is 1. The lowest BCUT2D eigenvalue weighted by molar-refractivity contribution is -0.130. The molecule has 1 unspecified atom stereocenters. The first kappa shape index (κ1) is 11.2. The van der Waals surface area contributed by atoms with E-state index in [2.05, 4.69) is 6.58 Å². The summed E-state index contributed by atoms with van der Waals surface area (Å²) in [5.74, 6) is -0.00301. The molecule has 1 atom stereocenters. The number of rotatable bonds is 5. The second kappa shape index (κ2) is 5.77. The summed E-state index contributed by atoms with van der Waals surface area (Å²) in [5.41, 5.74) is 5.63. The topological polar surface area (TPSA) is 46.3 Å². The van der Waals surface area contributed by atoms with Crippen LogP contribution in [0.1, 0.15) is 19.8 Å². The molecule has 3 heteroatoms. The quantitative estimate of drug-likeness (QED) is 0.619. The van der Waals surface area contributed by atoms with Gasteiger partial charge in [-0.15, -0.1) is 6.58 Å². The number of nitrogens with zero attached hydrogens (tertiary/aromatic N) is 1. The maximum Gasteiger partial charge on any atom is 0.239 e. The van der Waals surface area contributed by atoms with Crippen molar-refractivity contribution in [3.63, 3.8) is 0 Å². The van der Waals surface area contributed by atoms with Crippen LogP contribution < -0.4 is 5.73 Å². The van der Waals surface area contributed by atoms with Gasteiger partial charge in [0.25, 0.3) is 0 Å². The predicted molar refractivity (Wildman–Crippen MR) is 50.7 cm³/mol. The summed E-state index contributed by atoms with van der Waals surface area (Å²) in [4.78, 5) is 13.0. The first-order chi connectivity index (χ1) is 5.63. The molecule has 0 radical (unpaired) electrons. The summed E-state index contributed by atoms with van der Waals surface area (Å²) >= 11 is 0. The Kier molecular flexibility index (Phi) is 5.37. The van der Waals surface area contributed by atoms with Crippen LogP contribution in [0.15, 0.2) is 12.7 Å². The van der Waals surface area contributed by atoms with E-state index in [1.54, 1.807) is 18.0 Å². The lowest BCUT2D eigenvalue weighted by atomic mass is 10.1. The highest BCUT2D eigenvalue weighted by atomic mass is 16.2. The summed E-state index contributed by atoms with van der Waals surface area (Å²) < 4.78 is 0. The van der Waals surface area contributed by atoms with Crippen LogP contribution in [0.2, 0.25) is 0 Å². The molecule has 2 N–H and O–H groups in total. The van der Waals surface area contributed by atoms with Crippen molar-refractivity contribution in [2.45, 2.75) is 25.8 Å². The minimum Gasteiger partial charge on any atom is -0.341 e. The van der Waals surface area contributed by atoms with Crippen molar-refractivity contribution in [3.05, 3.63) is 12.7 Å². The van der Waals surface area contributed by atoms with E-state index in [4.69, 9.17) is 5.73 Å². The molecule has 12 heavy (non-hydrogen) atoms. The maximum atomic E-state index is 11.4. The van der Waals surface area contributed by atoms with Crippen molar-refractivity contribution in [3.8, 4) is 0 Å². The zero-order valence-corrected chi connectivity index (χ0v) is 7.92. The lowest BCUT2D eigenvalue weighted by Crippen LogP contribution is -2.41. The van der Waals surface area contributed by atoms with E-state index in [0.717, 1.165) is 12.8 Å². The maximum absolute atomic E-state index is 11.4. The molecule has 0 aliphatic carbocycles. The Balaban J connectivity index is 3.90. The van der Waals surface area contributed by atoms with Gasteiger partial charge >= 0.3 is 0 Å². The van der Waals surface area contributed by atoms with Gasteiger partial charge in [0.05, 0.1) is 6.04 Å². The third-order valence-electron chi connectivity index (χ3n) is 1.70. The first-order valence-corrected chi connectivity index (χ1v) is 4.25. The van der Waals surface area contributed by atoms with Crippen LogP contribution >= 0.6 is 0 Å². The number of carbonyl (C=O) groups excluding carboxylic acids is 1. The van der Waals surface area contributed by atoms with Gasteiger partial charge in [-0.3, -0.25) is 4.79 Å². The normalized spacial score (nSPS) is 12.2. The Morgan fingerprint density at radius 2 is 2.33 bits per heavy atom. The van der Waals surface area contributed by atoms with Gasteiger partial charge in [-0.25, -0.2) is 0 Å². The van der Waals surface area contributed by atoms with Crippen molar-refractivity contribution in [1.82, 2.24) is 4.90 Å². The highest BCUT2D eigenvalue weighted by Crippen LogP contribution is 1.97. The molecule has 0 aromatic heterocycles. The fourth-order valence-corrected chi connectivity index (χ4v) is 1.00. The monoisotopic (exact) mass is 170 g/mol. The van der Waals surface area contributed by atoms with E-state index in [9.17, 15) is 4.79 Å². The molecule has 0 spiro atoms. The number of likely N-dealkylation sites (N-methyl/N-ethyl adjacent to an activating group) is 1. The van der Waals surface area contributed by atoms with Crippen LogP contribution in [-0.4, -0.2) is 30.4 Å². The van der Waals surface area contributed by atoms with Gasteiger partial charge in [0.2, 0.25) is 5.91 Å². The number of nitrogens with two attached hydrogens (primary N) is 1. The van der Waals surface area contributed by atoms with Gasteiger partial charge in [0.1, 0.15) is 0 Å². The minimum atomic E-state index is -0.347. The van der Waals surface area contributed by atoms with Crippen LogP contribution in [0.3, 0.4) is 0 Å². The minimum absolute atomic E-state index is 0.00301. The zero-order chi connectivity index (χ0) is 9.56. The Hall–Kier alpha value is -0.830. The second-order valence-electron chi connectivity index (χ2n) is 2.90. The van der Waals surface area contributed by atoms with Gasteiger partial charge in [0, 0.05) is 13.6 Å². The van der Waals surface area contributed by atoms with Crippen molar-refractivity contribution >= 4 is 5.91 Å². The van der Waals surface area contributed by atoms with Gasteiger partial charge < -0.3 is 10.6 Å². The van der Waals surface area contributed by atoms with Gasteiger partial charge in [-0.1, -0.05) is 19.4 Å². The average molecular weight is 170 g/mol. The van der Waals surface area contributed by atoms with Gasteiger partial charge in [-0.2, -0.15) is 0 Å². The van der Waals surface area contributed by atoms with Crippen LogP contribution in [0, 0.1) is 0 Å². The lowest BCUT2D eigenvalue weighted by Gasteiger charge is -2.19. The van der Waals surface area contributed by atoms with Crippen LogP contribution in [0.25, 0.3) is 0 Å². The molecule has 0 saturated carbocycles.